The largest absolute Gasteiger partial charge is 0.480 e. The van der Waals surface area contributed by atoms with Gasteiger partial charge in [-0.25, -0.2) is 13.2 Å². The summed E-state index contributed by atoms with van der Waals surface area (Å²) in [6.45, 7) is 0.838. The predicted octanol–water partition coefficient (Wildman–Crippen LogP) is 0.581. The van der Waals surface area contributed by atoms with Gasteiger partial charge in [0.1, 0.15) is 6.61 Å². The molecule has 1 aromatic carbocycles. The molecule has 0 saturated carbocycles. The third-order valence-corrected chi connectivity index (χ3v) is 5.85. The number of hydrogen-bond acceptors (Lipinski definition) is 5. The van der Waals surface area contributed by atoms with E-state index in [-0.39, 0.29) is 17.5 Å². The average molecular weight is 327 g/mol. The lowest BCUT2D eigenvalue weighted by molar-refractivity contribution is -0.144. The Morgan fingerprint density at radius 1 is 1.41 bits per heavy atom. The molecule has 3 rings (SSSR count). The van der Waals surface area contributed by atoms with E-state index in [0.29, 0.717) is 26.2 Å². The number of carboxylic acid groups (broad SMARTS) is 1. The fourth-order valence-electron chi connectivity index (χ4n) is 2.80. The molecule has 2 heterocycles. The van der Waals surface area contributed by atoms with Crippen molar-refractivity contribution in [2.24, 2.45) is 0 Å². The Morgan fingerprint density at radius 3 is 3.00 bits per heavy atom. The number of fused-ring (bicyclic) bond motifs is 1. The molecule has 8 heteroatoms. The molecular weight excluding hydrogens is 310 g/mol. The van der Waals surface area contributed by atoms with Gasteiger partial charge in [0.2, 0.25) is 10.0 Å². The van der Waals surface area contributed by atoms with Crippen molar-refractivity contribution in [2.45, 2.75) is 30.6 Å². The lowest BCUT2D eigenvalue weighted by Gasteiger charge is -2.18. The van der Waals surface area contributed by atoms with Crippen LogP contribution in [0.3, 0.4) is 0 Å². The zero-order chi connectivity index (χ0) is 15.7. The second-order valence-corrected chi connectivity index (χ2v) is 7.27. The van der Waals surface area contributed by atoms with Crippen LogP contribution in [0.15, 0.2) is 23.1 Å². The molecule has 0 aliphatic carbocycles. The SMILES string of the molecule is O=C(O)CO[C@H]1CCN(S(=O)(=O)c2cccc3c2COC3)C1. The third-order valence-electron chi connectivity index (χ3n) is 3.90. The molecule has 2 aliphatic rings. The van der Waals surface area contributed by atoms with Gasteiger partial charge in [0.05, 0.1) is 24.2 Å². The average Bonchev–Trinajstić information content (AvgIpc) is 3.13. The highest BCUT2D eigenvalue weighted by atomic mass is 32.2. The lowest BCUT2D eigenvalue weighted by Crippen LogP contribution is -2.31. The summed E-state index contributed by atoms with van der Waals surface area (Å²) in [5.74, 6) is -1.06. The predicted molar refractivity (Wildman–Crippen MR) is 75.7 cm³/mol. The number of sulfonamides is 1. The van der Waals surface area contributed by atoms with Crippen molar-refractivity contribution in [1.29, 1.82) is 0 Å². The smallest absolute Gasteiger partial charge is 0.329 e. The molecule has 0 aromatic heterocycles. The van der Waals surface area contributed by atoms with Gasteiger partial charge in [-0.3, -0.25) is 0 Å². The summed E-state index contributed by atoms with van der Waals surface area (Å²) < 4.78 is 37.4. The van der Waals surface area contributed by atoms with Gasteiger partial charge in [-0.2, -0.15) is 4.31 Å². The van der Waals surface area contributed by atoms with Crippen molar-refractivity contribution in [3.8, 4) is 0 Å². The molecule has 22 heavy (non-hydrogen) atoms. The van der Waals surface area contributed by atoms with Crippen molar-refractivity contribution in [1.82, 2.24) is 4.31 Å². The minimum absolute atomic E-state index is 0.181. The second kappa shape index (κ2) is 5.96. The van der Waals surface area contributed by atoms with Crippen LogP contribution < -0.4 is 0 Å². The van der Waals surface area contributed by atoms with Gasteiger partial charge in [0.25, 0.3) is 0 Å². The van der Waals surface area contributed by atoms with Crippen LogP contribution in [0.1, 0.15) is 17.5 Å². The highest BCUT2D eigenvalue weighted by Crippen LogP contribution is 2.30. The van der Waals surface area contributed by atoms with Crippen LogP contribution in [-0.2, 0) is 37.5 Å². The maximum atomic E-state index is 12.8. The van der Waals surface area contributed by atoms with Gasteiger partial charge < -0.3 is 14.6 Å². The Balaban J connectivity index is 1.77. The molecule has 1 N–H and O–H groups in total. The number of aliphatic carboxylic acids is 1. The van der Waals surface area contributed by atoms with E-state index in [9.17, 15) is 13.2 Å². The Bertz CT molecular complexity index is 687. The lowest BCUT2D eigenvalue weighted by atomic mass is 10.1. The summed E-state index contributed by atoms with van der Waals surface area (Å²) in [5.41, 5.74) is 1.62. The Hall–Kier alpha value is -1.48. The van der Waals surface area contributed by atoms with E-state index in [1.807, 2.05) is 6.07 Å². The van der Waals surface area contributed by atoms with Crippen LogP contribution in [-0.4, -0.2) is 49.6 Å². The number of carbonyl (C=O) groups is 1. The van der Waals surface area contributed by atoms with E-state index < -0.39 is 22.6 Å². The fraction of sp³-hybridized carbons (Fsp3) is 0.500. The van der Waals surface area contributed by atoms with Crippen molar-refractivity contribution in [2.75, 3.05) is 19.7 Å². The number of benzene rings is 1. The van der Waals surface area contributed by atoms with Crippen LogP contribution in [0, 0.1) is 0 Å². The van der Waals surface area contributed by atoms with Gasteiger partial charge in [-0.1, -0.05) is 12.1 Å². The zero-order valence-corrected chi connectivity index (χ0v) is 12.7. The van der Waals surface area contributed by atoms with Crippen molar-refractivity contribution in [3.05, 3.63) is 29.3 Å². The highest BCUT2D eigenvalue weighted by molar-refractivity contribution is 7.89. The Morgan fingerprint density at radius 2 is 2.23 bits per heavy atom. The Kier molecular flexibility index (Phi) is 4.18. The molecule has 7 nitrogen and oxygen atoms in total. The first-order chi connectivity index (χ1) is 10.5. The topological polar surface area (TPSA) is 93.1 Å². The molecule has 0 spiro atoms. The summed E-state index contributed by atoms with van der Waals surface area (Å²) in [5, 5.41) is 8.61. The van der Waals surface area contributed by atoms with Crippen LogP contribution in [0.5, 0.6) is 0 Å². The Labute approximate surface area is 128 Å². The summed E-state index contributed by atoms with van der Waals surface area (Å²) in [4.78, 5) is 10.8. The van der Waals surface area contributed by atoms with E-state index in [1.54, 1.807) is 12.1 Å². The van der Waals surface area contributed by atoms with Gasteiger partial charge in [-0.05, 0) is 18.1 Å². The minimum atomic E-state index is -3.61. The van der Waals surface area contributed by atoms with Gasteiger partial charge in [0.15, 0.2) is 0 Å². The van der Waals surface area contributed by atoms with Gasteiger partial charge in [0, 0.05) is 18.7 Å². The maximum Gasteiger partial charge on any atom is 0.329 e. The molecule has 0 bridgehead atoms. The summed E-state index contributed by atoms with van der Waals surface area (Å²) in [7, 11) is -3.61. The molecule has 120 valence electrons. The standard InChI is InChI=1S/C14H17NO6S/c16-14(17)9-21-11-4-5-15(6-11)22(18,19)13-3-1-2-10-7-20-8-12(10)13/h1-3,11H,4-9H2,(H,16,17)/t11-/m0/s1. The number of carboxylic acids is 1. The summed E-state index contributed by atoms with van der Waals surface area (Å²) in [6, 6.07) is 5.17. The number of nitrogens with zero attached hydrogens (tertiary/aromatic N) is 1. The van der Waals surface area contributed by atoms with Crippen molar-refractivity contribution < 1.29 is 27.8 Å². The summed E-state index contributed by atoms with van der Waals surface area (Å²) >= 11 is 0. The van der Waals surface area contributed by atoms with Crippen molar-refractivity contribution >= 4 is 16.0 Å². The summed E-state index contributed by atoms with van der Waals surface area (Å²) in [6.07, 6.45) is 0.122. The highest BCUT2D eigenvalue weighted by Gasteiger charge is 2.35. The fourth-order valence-corrected chi connectivity index (χ4v) is 4.53. The van der Waals surface area contributed by atoms with Gasteiger partial charge >= 0.3 is 5.97 Å². The van der Waals surface area contributed by atoms with Gasteiger partial charge in [-0.15, -0.1) is 0 Å². The minimum Gasteiger partial charge on any atom is -0.480 e. The molecule has 0 unspecified atom stereocenters. The molecule has 0 radical (unpaired) electrons. The quantitative estimate of drug-likeness (QED) is 0.850. The van der Waals surface area contributed by atoms with E-state index in [0.717, 1.165) is 11.1 Å². The number of hydrogen-bond donors (Lipinski definition) is 1. The first kappa shape index (κ1) is 15.4. The number of rotatable bonds is 5. The normalized spacial score (nSPS) is 21.9. The number of ether oxygens (including phenoxy) is 2. The van der Waals surface area contributed by atoms with E-state index >= 15 is 0 Å². The third kappa shape index (κ3) is 2.87. The van der Waals surface area contributed by atoms with E-state index in [2.05, 4.69) is 0 Å². The van der Waals surface area contributed by atoms with Crippen LogP contribution in [0.25, 0.3) is 0 Å². The molecule has 0 amide bonds. The molecule has 1 fully saturated rings. The molecule has 2 aliphatic heterocycles. The van der Waals surface area contributed by atoms with Crippen LogP contribution in [0.4, 0.5) is 0 Å². The second-order valence-electron chi connectivity index (χ2n) is 5.37. The van der Waals surface area contributed by atoms with Crippen molar-refractivity contribution in [3.63, 3.8) is 0 Å². The first-order valence-electron chi connectivity index (χ1n) is 7.00. The molecule has 1 atom stereocenters. The van der Waals surface area contributed by atoms with Crippen LogP contribution in [0.2, 0.25) is 0 Å². The molecule has 1 aromatic rings. The first-order valence-corrected chi connectivity index (χ1v) is 8.44. The molecular formula is C14H17NO6S. The van der Waals surface area contributed by atoms with E-state index in [4.69, 9.17) is 14.6 Å². The molecule has 1 saturated heterocycles. The maximum absolute atomic E-state index is 12.8. The van der Waals surface area contributed by atoms with Crippen LogP contribution >= 0.6 is 0 Å². The zero-order valence-electron chi connectivity index (χ0n) is 11.9. The monoisotopic (exact) mass is 327 g/mol. The van der Waals surface area contributed by atoms with E-state index in [1.165, 1.54) is 4.31 Å².